The molecular weight excluding hydrogens is 240 g/mol. The summed E-state index contributed by atoms with van der Waals surface area (Å²) < 4.78 is 0. The molecule has 2 amide bonds. The Morgan fingerprint density at radius 2 is 1.71 bits per heavy atom. The molecule has 0 saturated carbocycles. The zero-order chi connectivity index (χ0) is 13.0. The molecule has 0 radical (unpaired) electrons. The second-order valence-corrected chi connectivity index (χ2v) is 4.31. The summed E-state index contributed by atoms with van der Waals surface area (Å²) >= 11 is 5.77. The molecule has 4 nitrogen and oxygen atoms in total. The zero-order valence-electron chi connectivity index (χ0n) is 10.1. The van der Waals surface area contributed by atoms with Crippen LogP contribution >= 0.6 is 11.6 Å². The summed E-state index contributed by atoms with van der Waals surface area (Å²) in [4.78, 5) is 26.0. The molecular formula is C12H15ClN2O2. The van der Waals surface area contributed by atoms with Crippen molar-refractivity contribution >= 4 is 29.1 Å². The summed E-state index contributed by atoms with van der Waals surface area (Å²) in [6.07, 6.45) is 0. The highest BCUT2D eigenvalue weighted by molar-refractivity contribution is 6.30. The Hall–Kier alpha value is -1.55. The van der Waals surface area contributed by atoms with Crippen LogP contribution in [-0.4, -0.2) is 37.4 Å². The van der Waals surface area contributed by atoms with Crippen LogP contribution in [0.5, 0.6) is 0 Å². The predicted octanol–water partition coefficient (Wildman–Crippen LogP) is 1.78. The first kappa shape index (κ1) is 13.5. The number of halogens is 1. The SMILES string of the molecule is CC(=O)N(CC(=O)N(C)C)c1ccc(Cl)cc1. The van der Waals surface area contributed by atoms with Gasteiger partial charge in [-0.3, -0.25) is 9.59 Å². The van der Waals surface area contributed by atoms with Crippen LogP contribution in [0.1, 0.15) is 6.92 Å². The van der Waals surface area contributed by atoms with Crippen molar-refractivity contribution in [2.45, 2.75) is 6.92 Å². The van der Waals surface area contributed by atoms with Crippen molar-refractivity contribution in [1.82, 2.24) is 4.90 Å². The minimum absolute atomic E-state index is 0.0317. The summed E-state index contributed by atoms with van der Waals surface area (Å²) in [5, 5.41) is 0.594. The van der Waals surface area contributed by atoms with E-state index in [9.17, 15) is 9.59 Å². The molecule has 0 bridgehead atoms. The minimum atomic E-state index is -0.178. The molecule has 0 heterocycles. The molecule has 0 aliphatic heterocycles. The van der Waals surface area contributed by atoms with Crippen molar-refractivity contribution < 1.29 is 9.59 Å². The van der Waals surface area contributed by atoms with Gasteiger partial charge < -0.3 is 9.80 Å². The quantitative estimate of drug-likeness (QED) is 0.825. The van der Waals surface area contributed by atoms with Crippen LogP contribution in [0.3, 0.4) is 0 Å². The number of amides is 2. The molecule has 5 heteroatoms. The summed E-state index contributed by atoms with van der Waals surface area (Å²) in [5.41, 5.74) is 0.664. The molecule has 1 aromatic carbocycles. The molecule has 0 aromatic heterocycles. The molecule has 0 saturated heterocycles. The van der Waals surface area contributed by atoms with Crippen LogP contribution in [0.15, 0.2) is 24.3 Å². The van der Waals surface area contributed by atoms with Crippen LogP contribution in [0.2, 0.25) is 5.02 Å². The lowest BCUT2D eigenvalue weighted by Crippen LogP contribution is -2.39. The normalized spacial score (nSPS) is 9.88. The Morgan fingerprint density at radius 1 is 1.18 bits per heavy atom. The van der Waals surface area contributed by atoms with Gasteiger partial charge in [-0.1, -0.05) is 11.6 Å². The van der Waals surface area contributed by atoms with Crippen molar-refractivity contribution in [2.24, 2.45) is 0 Å². The first-order valence-electron chi connectivity index (χ1n) is 5.15. The number of benzene rings is 1. The molecule has 92 valence electrons. The van der Waals surface area contributed by atoms with E-state index < -0.39 is 0 Å². The zero-order valence-corrected chi connectivity index (χ0v) is 10.9. The van der Waals surface area contributed by atoms with E-state index in [1.807, 2.05) is 0 Å². The topological polar surface area (TPSA) is 40.6 Å². The molecule has 0 N–H and O–H groups in total. The lowest BCUT2D eigenvalue weighted by Gasteiger charge is -2.22. The molecule has 0 aliphatic rings. The van der Waals surface area contributed by atoms with Crippen molar-refractivity contribution in [3.8, 4) is 0 Å². The highest BCUT2D eigenvalue weighted by Gasteiger charge is 2.16. The van der Waals surface area contributed by atoms with Crippen molar-refractivity contribution in [3.63, 3.8) is 0 Å². The number of carbonyl (C=O) groups excluding carboxylic acids is 2. The third kappa shape index (κ3) is 3.75. The van der Waals surface area contributed by atoms with Gasteiger partial charge in [0.05, 0.1) is 0 Å². The van der Waals surface area contributed by atoms with Gasteiger partial charge in [-0.2, -0.15) is 0 Å². The maximum Gasteiger partial charge on any atom is 0.242 e. The summed E-state index contributed by atoms with van der Waals surface area (Å²) in [5.74, 6) is -0.308. The third-order valence-corrected chi connectivity index (χ3v) is 2.56. The molecule has 0 atom stereocenters. The molecule has 1 rings (SSSR count). The Labute approximate surface area is 106 Å². The van der Waals surface area contributed by atoms with Gasteiger partial charge in [0, 0.05) is 31.7 Å². The highest BCUT2D eigenvalue weighted by atomic mass is 35.5. The molecule has 0 unspecified atom stereocenters. The predicted molar refractivity (Wildman–Crippen MR) is 68.2 cm³/mol. The Bertz CT molecular complexity index is 415. The van der Waals surface area contributed by atoms with Crippen LogP contribution in [0.4, 0.5) is 5.69 Å². The van der Waals surface area contributed by atoms with Crippen molar-refractivity contribution in [1.29, 1.82) is 0 Å². The van der Waals surface area contributed by atoms with Crippen LogP contribution in [-0.2, 0) is 9.59 Å². The van der Waals surface area contributed by atoms with Gasteiger partial charge in [0.1, 0.15) is 6.54 Å². The average Bonchev–Trinajstić information content (AvgIpc) is 2.26. The van der Waals surface area contributed by atoms with E-state index in [1.165, 1.54) is 16.7 Å². The lowest BCUT2D eigenvalue weighted by atomic mass is 10.2. The number of hydrogen-bond donors (Lipinski definition) is 0. The summed E-state index contributed by atoms with van der Waals surface area (Å²) in [6, 6.07) is 6.80. The maximum atomic E-state index is 11.6. The van der Waals surface area contributed by atoms with Gasteiger partial charge in [-0.25, -0.2) is 0 Å². The fraction of sp³-hybridized carbons (Fsp3) is 0.333. The van der Waals surface area contributed by atoms with E-state index in [0.717, 1.165) is 0 Å². The van der Waals surface area contributed by atoms with E-state index in [2.05, 4.69) is 0 Å². The van der Waals surface area contributed by atoms with Crippen molar-refractivity contribution in [2.75, 3.05) is 25.5 Å². The standard InChI is InChI=1S/C12H15ClN2O2/c1-9(16)15(8-12(17)14(2)3)11-6-4-10(13)5-7-11/h4-7H,8H2,1-3H3. The molecule has 1 aromatic rings. The summed E-state index contributed by atoms with van der Waals surface area (Å²) in [7, 11) is 3.31. The number of likely N-dealkylation sites (N-methyl/N-ethyl adjacent to an activating group) is 1. The van der Waals surface area contributed by atoms with Crippen molar-refractivity contribution in [3.05, 3.63) is 29.3 Å². The number of rotatable bonds is 3. The maximum absolute atomic E-state index is 11.6. The first-order chi connectivity index (χ1) is 7.91. The van der Waals surface area contributed by atoms with Gasteiger partial charge in [0.15, 0.2) is 0 Å². The lowest BCUT2D eigenvalue weighted by molar-refractivity contribution is -0.129. The molecule has 0 aliphatic carbocycles. The highest BCUT2D eigenvalue weighted by Crippen LogP contribution is 2.18. The fourth-order valence-electron chi connectivity index (χ4n) is 1.28. The number of carbonyl (C=O) groups is 2. The van der Waals surface area contributed by atoms with Gasteiger partial charge >= 0.3 is 0 Å². The van der Waals surface area contributed by atoms with E-state index in [-0.39, 0.29) is 18.4 Å². The van der Waals surface area contributed by atoms with E-state index in [4.69, 9.17) is 11.6 Å². The largest absolute Gasteiger partial charge is 0.347 e. The number of nitrogens with zero attached hydrogens (tertiary/aromatic N) is 2. The minimum Gasteiger partial charge on any atom is -0.347 e. The van der Waals surface area contributed by atoms with Crippen LogP contribution in [0, 0.1) is 0 Å². The van der Waals surface area contributed by atoms with E-state index >= 15 is 0 Å². The van der Waals surface area contributed by atoms with Crippen LogP contribution < -0.4 is 4.90 Å². The van der Waals surface area contributed by atoms with E-state index in [1.54, 1.807) is 38.4 Å². The second kappa shape index (κ2) is 5.68. The Balaban J connectivity index is 2.90. The van der Waals surface area contributed by atoms with Crippen LogP contribution in [0.25, 0.3) is 0 Å². The van der Waals surface area contributed by atoms with Gasteiger partial charge in [0.25, 0.3) is 0 Å². The van der Waals surface area contributed by atoms with Gasteiger partial charge in [-0.05, 0) is 24.3 Å². The van der Waals surface area contributed by atoms with Gasteiger partial charge in [-0.15, -0.1) is 0 Å². The molecule has 0 fully saturated rings. The monoisotopic (exact) mass is 254 g/mol. The Kier molecular flexibility index (Phi) is 4.52. The number of hydrogen-bond acceptors (Lipinski definition) is 2. The molecule has 17 heavy (non-hydrogen) atoms. The fourth-order valence-corrected chi connectivity index (χ4v) is 1.41. The average molecular weight is 255 g/mol. The third-order valence-electron chi connectivity index (χ3n) is 2.31. The smallest absolute Gasteiger partial charge is 0.242 e. The summed E-state index contributed by atoms with van der Waals surface area (Å²) in [6.45, 7) is 1.46. The second-order valence-electron chi connectivity index (χ2n) is 3.87. The first-order valence-corrected chi connectivity index (χ1v) is 5.53. The number of anilines is 1. The Morgan fingerprint density at radius 3 is 2.12 bits per heavy atom. The van der Waals surface area contributed by atoms with E-state index in [0.29, 0.717) is 10.7 Å². The molecule has 0 spiro atoms. The van der Waals surface area contributed by atoms with Gasteiger partial charge in [0.2, 0.25) is 11.8 Å².